The van der Waals surface area contributed by atoms with Gasteiger partial charge in [0.25, 0.3) is 0 Å². The molecule has 0 atom stereocenters. The number of anilines is 1. The maximum absolute atomic E-state index is 5.76. The fourth-order valence-corrected chi connectivity index (χ4v) is 3.25. The van der Waals surface area contributed by atoms with Crippen LogP contribution in [0.4, 0.5) is 5.69 Å². The topological polar surface area (TPSA) is 59.2 Å². The van der Waals surface area contributed by atoms with Crippen LogP contribution >= 0.6 is 0 Å². The van der Waals surface area contributed by atoms with E-state index in [0.717, 1.165) is 55.5 Å². The first kappa shape index (κ1) is 12.2. The van der Waals surface area contributed by atoms with E-state index >= 15 is 0 Å². The van der Waals surface area contributed by atoms with Crippen molar-refractivity contribution < 1.29 is 9.47 Å². The van der Waals surface area contributed by atoms with Crippen LogP contribution in [0.3, 0.4) is 0 Å². The Hall–Kier alpha value is -1.59. The molecule has 2 fully saturated rings. The highest BCUT2D eigenvalue weighted by molar-refractivity contribution is 5.81. The lowest BCUT2D eigenvalue weighted by Gasteiger charge is -2.36. The number of rotatable bonds is 2. The minimum absolute atomic E-state index is 0.272. The molecular formula is C15H19N3O2. The van der Waals surface area contributed by atoms with Gasteiger partial charge in [0.05, 0.1) is 24.9 Å². The molecule has 106 valence electrons. The van der Waals surface area contributed by atoms with Crippen LogP contribution in [-0.4, -0.2) is 35.2 Å². The Morgan fingerprint density at radius 1 is 1.20 bits per heavy atom. The zero-order valence-electron chi connectivity index (χ0n) is 11.4. The summed E-state index contributed by atoms with van der Waals surface area (Å²) < 4.78 is 11.5. The second-order valence-corrected chi connectivity index (χ2v) is 5.70. The van der Waals surface area contributed by atoms with Gasteiger partial charge in [0.1, 0.15) is 0 Å². The van der Waals surface area contributed by atoms with Crippen molar-refractivity contribution in [2.75, 3.05) is 18.5 Å². The van der Waals surface area contributed by atoms with Crippen molar-refractivity contribution in [2.24, 2.45) is 0 Å². The van der Waals surface area contributed by atoms with Gasteiger partial charge < -0.3 is 14.8 Å². The largest absolute Gasteiger partial charge is 0.382 e. The molecule has 20 heavy (non-hydrogen) atoms. The van der Waals surface area contributed by atoms with Crippen molar-refractivity contribution in [2.45, 2.75) is 37.5 Å². The number of aromatic amines is 1. The monoisotopic (exact) mass is 273 g/mol. The molecule has 0 radical (unpaired) electrons. The van der Waals surface area contributed by atoms with Crippen LogP contribution in [-0.2, 0) is 9.47 Å². The molecule has 2 aliphatic rings. The highest BCUT2D eigenvalue weighted by Gasteiger charge is 2.40. The summed E-state index contributed by atoms with van der Waals surface area (Å²) in [5.41, 5.74) is 2.22. The lowest BCUT2D eigenvalue weighted by Crippen LogP contribution is -2.39. The lowest BCUT2D eigenvalue weighted by molar-refractivity contribution is -0.177. The molecule has 4 rings (SSSR count). The van der Waals surface area contributed by atoms with Gasteiger partial charge in [-0.3, -0.25) is 5.10 Å². The number of hydrogen-bond donors (Lipinski definition) is 2. The molecule has 1 saturated carbocycles. The maximum atomic E-state index is 5.76. The highest BCUT2D eigenvalue weighted by Crippen LogP contribution is 2.36. The van der Waals surface area contributed by atoms with Crippen molar-refractivity contribution >= 4 is 16.6 Å². The average Bonchev–Trinajstić information content (AvgIpc) is 3.11. The predicted molar refractivity (Wildman–Crippen MR) is 76.6 cm³/mol. The average molecular weight is 273 g/mol. The first-order chi connectivity index (χ1) is 9.83. The van der Waals surface area contributed by atoms with E-state index in [9.17, 15) is 0 Å². The summed E-state index contributed by atoms with van der Waals surface area (Å²) in [5.74, 6) is -0.272. The molecule has 5 nitrogen and oxygen atoms in total. The van der Waals surface area contributed by atoms with Gasteiger partial charge in [-0.2, -0.15) is 5.10 Å². The van der Waals surface area contributed by atoms with Crippen LogP contribution in [0.2, 0.25) is 0 Å². The summed E-state index contributed by atoms with van der Waals surface area (Å²) in [6, 6.07) is 6.82. The van der Waals surface area contributed by atoms with Crippen molar-refractivity contribution in [1.29, 1.82) is 0 Å². The summed E-state index contributed by atoms with van der Waals surface area (Å²) in [6.07, 6.45) is 5.98. The molecular weight excluding hydrogens is 254 g/mol. The number of nitrogens with one attached hydrogen (secondary N) is 2. The molecule has 1 aromatic heterocycles. The lowest BCUT2D eigenvalue weighted by atomic mass is 9.90. The Bertz CT molecular complexity index is 594. The smallest absolute Gasteiger partial charge is 0.168 e. The maximum Gasteiger partial charge on any atom is 0.168 e. The Morgan fingerprint density at radius 2 is 2.00 bits per heavy atom. The fourth-order valence-electron chi connectivity index (χ4n) is 3.25. The van der Waals surface area contributed by atoms with Gasteiger partial charge in [-0.1, -0.05) is 0 Å². The molecule has 0 unspecified atom stereocenters. The van der Waals surface area contributed by atoms with Crippen LogP contribution in [0.1, 0.15) is 25.7 Å². The molecule has 1 spiro atoms. The highest BCUT2D eigenvalue weighted by atomic mass is 16.7. The van der Waals surface area contributed by atoms with Gasteiger partial charge >= 0.3 is 0 Å². The van der Waals surface area contributed by atoms with Gasteiger partial charge in [-0.25, -0.2) is 0 Å². The standard InChI is InChI=1S/C15H19N3O2/c1-2-13(9-14-11(1)10-16-18-14)17-12-3-5-15(6-4-12)19-7-8-20-15/h1-2,9-10,12,17H,3-8H2,(H,16,18). The van der Waals surface area contributed by atoms with E-state index in [1.807, 2.05) is 6.20 Å². The summed E-state index contributed by atoms with van der Waals surface area (Å²) in [5, 5.41) is 11.8. The summed E-state index contributed by atoms with van der Waals surface area (Å²) in [7, 11) is 0. The van der Waals surface area contributed by atoms with E-state index in [0.29, 0.717) is 6.04 Å². The van der Waals surface area contributed by atoms with Crippen LogP contribution < -0.4 is 5.32 Å². The third-order valence-corrected chi connectivity index (χ3v) is 4.37. The fraction of sp³-hybridized carbons (Fsp3) is 0.533. The minimum Gasteiger partial charge on any atom is -0.382 e. The first-order valence-corrected chi connectivity index (χ1v) is 7.31. The summed E-state index contributed by atoms with van der Waals surface area (Å²) in [4.78, 5) is 0. The van der Waals surface area contributed by atoms with E-state index in [-0.39, 0.29) is 5.79 Å². The van der Waals surface area contributed by atoms with E-state index in [1.165, 1.54) is 0 Å². The molecule has 1 aromatic carbocycles. The number of ether oxygens (including phenoxy) is 2. The van der Waals surface area contributed by atoms with Gasteiger partial charge in [0.2, 0.25) is 0 Å². The van der Waals surface area contributed by atoms with E-state index in [2.05, 4.69) is 33.7 Å². The molecule has 0 amide bonds. The van der Waals surface area contributed by atoms with Gasteiger partial charge in [-0.15, -0.1) is 0 Å². The number of hydrogen-bond acceptors (Lipinski definition) is 4. The number of benzene rings is 1. The molecule has 2 aromatic rings. The minimum atomic E-state index is -0.272. The van der Waals surface area contributed by atoms with Crippen molar-refractivity contribution in [3.05, 3.63) is 24.4 Å². The zero-order chi connectivity index (χ0) is 13.4. The van der Waals surface area contributed by atoms with E-state index < -0.39 is 0 Å². The van der Waals surface area contributed by atoms with Gasteiger partial charge in [0, 0.05) is 30.0 Å². The Balaban J connectivity index is 1.42. The van der Waals surface area contributed by atoms with Gasteiger partial charge in [-0.05, 0) is 31.0 Å². The normalized spacial score (nSPS) is 22.6. The molecule has 2 heterocycles. The zero-order valence-corrected chi connectivity index (χ0v) is 11.4. The van der Waals surface area contributed by atoms with Crippen molar-refractivity contribution in [1.82, 2.24) is 10.2 Å². The van der Waals surface area contributed by atoms with Gasteiger partial charge in [0.15, 0.2) is 5.79 Å². The molecule has 1 aliphatic carbocycles. The number of fused-ring (bicyclic) bond motifs is 1. The number of H-pyrrole nitrogens is 1. The molecule has 5 heteroatoms. The second-order valence-electron chi connectivity index (χ2n) is 5.70. The van der Waals surface area contributed by atoms with Crippen molar-refractivity contribution in [3.8, 4) is 0 Å². The van der Waals surface area contributed by atoms with E-state index in [4.69, 9.17) is 9.47 Å². The number of aromatic nitrogens is 2. The van der Waals surface area contributed by atoms with Crippen LogP contribution in [0.15, 0.2) is 24.4 Å². The van der Waals surface area contributed by atoms with Crippen LogP contribution in [0.5, 0.6) is 0 Å². The van der Waals surface area contributed by atoms with Crippen LogP contribution in [0, 0.1) is 0 Å². The van der Waals surface area contributed by atoms with E-state index in [1.54, 1.807) is 0 Å². The third-order valence-electron chi connectivity index (χ3n) is 4.37. The summed E-state index contributed by atoms with van der Waals surface area (Å²) >= 11 is 0. The molecule has 2 N–H and O–H groups in total. The molecule has 0 bridgehead atoms. The Morgan fingerprint density at radius 3 is 2.80 bits per heavy atom. The number of nitrogens with zero attached hydrogens (tertiary/aromatic N) is 1. The first-order valence-electron chi connectivity index (χ1n) is 7.31. The molecule has 1 saturated heterocycles. The SMILES string of the molecule is c1cc2cn[nH]c2cc1NC1CCC2(CC1)OCCO2. The van der Waals surface area contributed by atoms with Crippen LogP contribution in [0.25, 0.3) is 10.9 Å². The molecule has 1 aliphatic heterocycles. The Labute approximate surface area is 117 Å². The quantitative estimate of drug-likeness (QED) is 0.883. The third kappa shape index (κ3) is 2.17. The second kappa shape index (κ2) is 4.75. The van der Waals surface area contributed by atoms with Crippen molar-refractivity contribution in [3.63, 3.8) is 0 Å². The Kier molecular flexibility index (Phi) is 2.89. The summed E-state index contributed by atoms with van der Waals surface area (Å²) in [6.45, 7) is 1.49. The predicted octanol–water partition coefficient (Wildman–Crippen LogP) is 2.66.